The Labute approximate surface area is 117 Å². The molecular formula is C12H11BrFN3O2. The number of hydrogen-bond donors (Lipinski definition) is 1. The lowest BCUT2D eigenvalue weighted by Gasteiger charge is -2.10. The lowest BCUT2D eigenvalue weighted by atomic mass is 10.3. The van der Waals surface area contributed by atoms with Crippen LogP contribution in [-0.4, -0.2) is 16.6 Å². The van der Waals surface area contributed by atoms with Crippen molar-refractivity contribution < 1.29 is 13.9 Å². The molecule has 19 heavy (non-hydrogen) atoms. The maximum atomic E-state index is 13.4. The number of nitrogens with two attached hydrogens (primary N) is 1. The summed E-state index contributed by atoms with van der Waals surface area (Å²) in [6.07, 6.45) is 1.27. The number of hydrogen-bond acceptors (Lipinski definition) is 5. The van der Waals surface area contributed by atoms with Gasteiger partial charge in [-0.2, -0.15) is 9.97 Å². The van der Waals surface area contributed by atoms with Crippen LogP contribution in [0.3, 0.4) is 0 Å². The summed E-state index contributed by atoms with van der Waals surface area (Å²) in [6, 6.07) is 4.35. The molecule has 0 saturated heterocycles. The second-order valence-corrected chi connectivity index (χ2v) is 4.36. The van der Waals surface area contributed by atoms with Gasteiger partial charge in [0, 0.05) is 6.07 Å². The van der Waals surface area contributed by atoms with Crippen molar-refractivity contribution in [1.82, 2.24) is 9.97 Å². The summed E-state index contributed by atoms with van der Waals surface area (Å²) in [5.41, 5.74) is 5.98. The average Bonchev–Trinajstić information content (AvgIpc) is 2.39. The number of nitrogen functional groups attached to an aromatic ring is 1. The molecule has 0 bridgehead atoms. The van der Waals surface area contributed by atoms with Crippen molar-refractivity contribution in [3.63, 3.8) is 0 Å². The second kappa shape index (κ2) is 5.83. The summed E-state index contributed by atoms with van der Waals surface area (Å²) in [6.45, 7) is 2.24. The van der Waals surface area contributed by atoms with E-state index >= 15 is 0 Å². The van der Waals surface area contributed by atoms with Gasteiger partial charge in [-0.25, -0.2) is 4.39 Å². The number of anilines is 1. The SMILES string of the molecule is CCOc1ncnc(Oc2ccc(Br)c(F)c2)c1N. The molecule has 0 amide bonds. The third kappa shape index (κ3) is 3.11. The molecule has 5 nitrogen and oxygen atoms in total. The van der Waals surface area contributed by atoms with Crippen LogP contribution in [-0.2, 0) is 0 Å². The standard InChI is InChI=1S/C12H11BrFN3O2/c1-2-18-11-10(15)12(17-6-16-11)19-7-3-4-8(13)9(14)5-7/h3-6H,2,15H2,1H3. The summed E-state index contributed by atoms with van der Waals surface area (Å²) in [5.74, 6) is 0.217. The lowest BCUT2D eigenvalue weighted by molar-refractivity contribution is 0.325. The van der Waals surface area contributed by atoms with Gasteiger partial charge in [0.1, 0.15) is 17.9 Å². The second-order valence-electron chi connectivity index (χ2n) is 3.51. The first kappa shape index (κ1) is 13.5. The van der Waals surface area contributed by atoms with E-state index in [0.29, 0.717) is 11.1 Å². The molecule has 100 valence electrons. The molecular weight excluding hydrogens is 317 g/mol. The normalized spacial score (nSPS) is 10.3. The van der Waals surface area contributed by atoms with Gasteiger partial charge in [0.05, 0.1) is 11.1 Å². The number of aromatic nitrogens is 2. The Balaban J connectivity index is 2.27. The third-order valence-corrected chi connectivity index (χ3v) is 2.84. The van der Waals surface area contributed by atoms with E-state index in [9.17, 15) is 4.39 Å². The van der Waals surface area contributed by atoms with E-state index in [2.05, 4.69) is 25.9 Å². The summed E-state index contributed by atoms with van der Waals surface area (Å²) in [7, 11) is 0. The predicted octanol–water partition coefficient (Wildman–Crippen LogP) is 3.15. The van der Waals surface area contributed by atoms with Crippen LogP contribution in [0.1, 0.15) is 6.92 Å². The van der Waals surface area contributed by atoms with Gasteiger partial charge in [-0.3, -0.25) is 0 Å². The molecule has 2 rings (SSSR count). The number of benzene rings is 1. The maximum Gasteiger partial charge on any atom is 0.249 e. The van der Waals surface area contributed by atoms with Crippen LogP contribution in [0, 0.1) is 5.82 Å². The topological polar surface area (TPSA) is 70.3 Å². The molecule has 0 spiro atoms. The first-order valence-corrected chi connectivity index (χ1v) is 6.27. The molecule has 1 heterocycles. The monoisotopic (exact) mass is 327 g/mol. The zero-order chi connectivity index (χ0) is 13.8. The Bertz CT molecular complexity index is 595. The van der Waals surface area contributed by atoms with E-state index in [0.717, 1.165) is 0 Å². The molecule has 0 radical (unpaired) electrons. The molecule has 1 aromatic heterocycles. The van der Waals surface area contributed by atoms with Crippen LogP contribution >= 0.6 is 15.9 Å². The van der Waals surface area contributed by atoms with E-state index in [-0.39, 0.29) is 23.2 Å². The van der Waals surface area contributed by atoms with E-state index in [1.54, 1.807) is 6.07 Å². The fraction of sp³-hybridized carbons (Fsp3) is 0.167. The molecule has 1 aromatic carbocycles. The van der Waals surface area contributed by atoms with E-state index in [4.69, 9.17) is 15.2 Å². The van der Waals surface area contributed by atoms with E-state index in [1.807, 2.05) is 6.92 Å². The van der Waals surface area contributed by atoms with Gasteiger partial charge in [-0.1, -0.05) is 0 Å². The Kier molecular flexibility index (Phi) is 4.16. The van der Waals surface area contributed by atoms with Gasteiger partial charge in [0.2, 0.25) is 11.8 Å². The minimum atomic E-state index is -0.435. The van der Waals surface area contributed by atoms with Crippen molar-refractivity contribution in [2.45, 2.75) is 6.92 Å². The van der Waals surface area contributed by atoms with Gasteiger partial charge in [0.25, 0.3) is 0 Å². The zero-order valence-electron chi connectivity index (χ0n) is 10.1. The minimum absolute atomic E-state index is 0.125. The highest BCUT2D eigenvalue weighted by atomic mass is 79.9. The molecule has 2 N–H and O–H groups in total. The smallest absolute Gasteiger partial charge is 0.249 e. The molecule has 0 unspecified atom stereocenters. The molecule has 0 aliphatic heterocycles. The van der Waals surface area contributed by atoms with E-state index in [1.165, 1.54) is 18.5 Å². The van der Waals surface area contributed by atoms with Crippen molar-refractivity contribution in [2.24, 2.45) is 0 Å². The molecule has 0 atom stereocenters. The Morgan fingerprint density at radius 2 is 2.05 bits per heavy atom. The van der Waals surface area contributed by atoms with Crippen molar-refractivity contribution in [2.75, 3.05) is 12.3 Å². The summed E-state index contributed by atoms with van der Waals surface area (Å²) >= 11 is 3.06. The highest BCUT2D eigenvalue weighted by Gasteiger charge is 2.12. The maximum absolute atomic E-state index is 13.4. The molecule has 0 fully saturated rings. The largest absolute Gasteiger partial charge is 0.476 e. The summed E-state index contributed by atoms with van der Waals surface area (Å²) in [4.78, 5) is 7.78. The number of rotatable bonds is 4. The van der Waals surface area contributed by atoms with Crippen LogP contribution in [0.5, 0.6) is 17.5 Å². The quantitative estimate of drug-likeness (QED) is 0.934. The average molecular weight is 328 g/mol. The van der Waals surface area contributed by atoms with E-state index < -0.39 is 5.82 Å². The van der Waals surface area contributed by atoms with Crippen LogP contribution in [0.2, 0.25) is 0 Å². The Hall–Kier alpha value is -1.89. The highest BCUT2D eigenvalue weighted by Crippen LogP contribution is 2.31. The first-order valence-electron chi connectivity index (χ1n) is 5.48. The Morgan fingerprint density at radius 1 is 1.32 bits per heavy atom. The van der Waals surface area contributed by atoms with Crippen LogP contribution in [0.15, 0.2) is 29.0 Å². The molecule has 0 saturated carbocycles. The van der Waals surface area contributed by atoms with Gasteiger partial charge < -0.3 is 15.2 Å². The molecule has 0 aliphatic carbocycles. The van der Waals surface area contributed by atoms with Crippen LogP contribution in [0.25, 0.3) is 0 Å². The molecule has 7 heteroatoms. The van der Waals surface area contributed by atoms with Crippen molar-refractivity contribution in [3.05, 3.63) is 34.8 Å². The van der Waals surface area contributed by atoms with Crippen LogP contribution < -0.4 is 15.2 Å². The first-order chi connectivity index (χ1) is 9.11. The van der Waals surface area contributed by atoms with Gasteiger partial charge in [-0.05, 0) is 35.0 Å². The van der Waals surface area contributed by atoms with Crippen molar-refractivity contribution in [1.29, 1.82) is 0 Å². The Morgan fingerprint density at radius 3 is 2.74 bits per heavy atom. The third-order valence-electron chi connectivity index (χ3n) is 2.20. The molecule has 0 aliphatic rings. The fourth-order valence-electron chi connectivity index (χ4n) is 1.35. The highest BCUT2D eigenvalue weighted by molar-refractivity contribution is 9.10. The number of nitrogens with zero attached hydrogens (tertiary/aromatic N) is 2. The van der Waals surface area contributed by atoms with Gasteiger partial charge >= 0.3 is 0 Å². The minimum Gasteiger partial charge on any atom is -0.476 e. The molecule has 2 aromatic rings. The number of halogens is 2. The lowest BCUT2D eigenvalue weighted by Crippen LogP contribution is -2.03. The number of ether oxygens (including phenoxy) is 2. The predicted molar refractivity (Wildman–Crippen MR) is 71.8 cm³/mol. The van der Waals surface area contributed by atoms with Gasteiger partial charge in [0.15, 0.2) is 5.69 Å². The van der Waals surface area contributed by atoms with Crippen molar-refractivity contribution >= 4 is 21.6 Å². The summed E-state index contributed by atoms with van der Waals surface area (Å²) < 4.78 is 24.4. The fourth-order valence-corrected chi connectivity index (χ4v) is 1.60. The summed E-state index contributed by atoms with van der Waals surface area (Å²) in [5, 5.41) is 0. The van der Waals surface area contributed by atoms with Crippen LogP contribution in [0.4, 0.5) is 10.1 Å². The zero-order valence-corrected chi connectivity index (χ0v) is 11.6. The van der Waals surface area contributed by atoms with Crippen molar-refractivity contribution in [3.8, 4) is 17.5 Å². The van der Waals surface area contributed by atoms with Gasteiger partial charge in [-0.15, -0.1) is 0 Å².